The standard InChI is InChI=1S/C15H19NO5/c1-16-13-12(21-15(16)18)9-19-11(7-17)14(13)20-8-10-5-3-2-4-6-10/h2-6,11-14,17H,7-9H2,1H3/t11-,12-,13-,14+/m1/s1. The van der Waals surface area contributed by atoms with Gasteiger partial charge < -0.3 is 24.2 Å². The highest BCUT2D eigenvalue weighted by Gasteiger charge is 2.51. The first kappa shape index (κ1) is 14.3. The van der Waals surface area contributed by atoms with Gasteiger partial charge in [-0.3, -0.25) is 0 Å². The van der Waals surface area contributed by atoms with E-state index in [0.29, 0.717) is 6.61 Å². The van der Waals surface area contributed by atoms with E-state index in [9.17, 15) is 9.90 Å². The Morgan fingerprint density at radius 2 is 2.14 bits per heavy atom. The third kappa shape index (κ3) is 2.74. The molecule has 0 aliphatic carbocycles. The van der Waals surface area contributed by atoms with Crippen molar-refractivity contribution in [1.82, 2.24) is 4.90 Å². The number of benzene rings is 1. The van der Waals surface area contributed by atoms with Crippen molar-refractivity contribution in [3.05, 3.63) is 35.9 Å². The zero-order chi connectivity index (χ0) is 14.8. The Morgan fingerprint density at radius 3 is 2.86 bits per heavy atom. The Bertz CT molecular complexity index is 494. The SMILES string of the molecule is CN1C(=O)O[C@@H]2CO[C@H](CO)[C@H](OCc3ccccc3)[C@@H]21. The molecule has 114 valence electrons. The maximum absolute atomic E-state index is 11.7. The number of amides is 1. The number of carbonyl (C=O) groups excluding carboxylic acids is 1. The normalized spacial score (nSPS) is 31.9. The zero-order valence-electron chi connectivity index (χ0n) is 11.8. The minimum atomic E-state index is -0.452. The van der Waals surface area contributed by atoms with Crippen LogP contribution in [0.4, 0.5) is 4.79 Å². The van der Waals surface area contributed by atoms with Crippen molar-refractivity contribution in [3.63, 3.8) is 0 Å². The molecular formula is C15H19NO5. The molecule has 0 aromatic heterocycles. The Morgan fingerprint density at radius 1 is 1.38 bits per heavy atom. The predicted octanol–water partition coefficient (Wildman–Crippen LogP) is 0.782. The number of nitrogens with zero attached hydrogens (tertiary/aromatic N) is 1. The fourth-order valence-corrected chi connectivity index (χ4v) is 2.88. The molecule has 2 heterocycles. The molecule has 0 unspecified atom stereocenters. The van der Waals surface area contributed by atoms with Crippen LogP contribution in [0, 0.1) is 0 Å². The third-order valence-electron chi connectivity index (χ3n) is 4.01. The Kier molecular flexibility index (Phi) is 4.10. The summed E-state index contributed by atoms with van der Waals surface area (Å²) in [6.07, 6.45) is -1.58. The van der Waals surface area contributed by atoms with E-state index in [2.05, 4.69) is 0 Å². The number of fused-ring (bicyclic) bond motifs is 1. The van der Waals surface area contributed by atoms with Crippen molar-refractivity contribution in [2.24, 2.45) is 0 Å². The molecule has 2 aliphatic rings. The number of aliphatic hydroxyl groups excluding tert-OH is 1. The van der Waals surface area contributed by atoms with Gasteiger partial charge in [-0.2, -0.15) is 0 Å². The Hall–Kier alpha value is -1.63. The van der Waals surface area contributed by atoms with Gasteiger partial charge in [-0.05, 0) is 5.56 Å². The van der Waals surface area contributed by atoms with E-state index in [1.807, 2.05) is 30.3 Å². The van der Waals surface area contributed by atoms with Gasteiger partial charge in [-0.1, -0.05) is 30.3 Å². The van der Waals surface area contributed by atoms with Crippen LogP contribution in [0.3, 0.4) is 0 Å². The maximum Gasteiger partial charge on any atom is 0.410 e. The lowest BCUT2D eigenvalue weighted by molar-refractivity contribution is -0.170. The predicted molar refractivity (Wildman–Crippen MR) is 73.7 cm³/mol. The molecule has 0 spiro atoms. The summed E-state index contributed by atoms with van der Waals surface area (Å²) in [6, 6.07) is 9.53. The number of rotatable bonds is 4. The van der Waals surface area contributed by atoms with Crippen LogP contribution >= 0.6 is 0 Å². The second-order valence-corrected chi connectivity index (χ2v) is 5.34. The lowest BCUT2D eigenvalue weighted by Crippen LogP contribution is -2.57. The van der Waals surface area contributed by atoms with Crippen LogP contribution in [0.15, 0.2) is 30.3 Å². The summed E-state index contributed by atoms with van der Waals surface area (Å²) in [5.41, 5.74) is 1.03. The van der Waals surface area contributed by atoms with E-state index >= 15 is 0 Å². The molecular weight excluding hydrogens is 274 g/mol. The highest BCUT2D eigenvalue weighted by atomic mass is 16.6. The summed E-state index contributed by atoms with van der Waals surface area (Å²) >= 11 is 0. The number of likely N-dealkylation sites (N-methyl/N-ethyl adjacent to an activating group) is 1. The van der Waals surface area contributed by atoms with Gasteiger partial charge in [-0.15, -0.1) is 0 Å². The van der Waals surface area contributed by atoms with Gasteiger partial charge in [0.1, 0.15) is 24.4 Å². The monoisotopic (exact) mass is 293 g/mol. The van der Waals surface area contributed by atoms with Crippen LogP contribution in [-0.4, -0.2) is 60.7 Å². The first-order valence-corrected chi connectivity index (χ1v) is 7.02. The molecule has 1 N–H and O–H groups in total. The first-order valence-electron chi connectivity index (χ1n) is 7.02. The summed E-state index contributed by atoms with van der Waals surface area (Å²) in [7, 11) is 1.69. The number of hydrogen-bond donors (Lipinski definition) is 1. The highest BCUT2D eigenvalue weighted by Crippen LogP contribution is 2.30. The van der Waals surface area contributed by atoms with Crippen LogP contribution in [0.25, 0.3) is 0 Å². The van der Waals surface area contributed by atoms with Gasteiger partial charge in [0.05, 0.1) is 19.8 Å². The van der Waals surface area contributed by atoms with Crippen molar-refractivity contribution in [2.75, 3.05) is 20.3 Å². The number of ether oxygens (including phenoxy) is 3. The van der Waals surface area contributed by atoms with Gasteiger partial charge in [0.2, 0.25) is 0 Å². The van der Waals surface area contributed by atoms with Crippen LogP contribution in [0.2, 0.25) is 0 Å². The van der Waals surface area contributed by atoms with Crippen molar-refractivity contribution in [3.8, 4) is 0 Å². The molecule has 2 saturated heterocycles. The number of aliphatic hydroxyl groups is 1. The molecule has 0 radical (unpaired) electrons. The summed E-state index contributed by atoms with van der Waals surface area (Å²) in [5, 5.41) is 9.48. The van der Waals surface area contributed by atoms with Crippen LogP contribution in [0.5, 0.6) is 0 Å². The minimum Gasteiger partial charge on any atom is -0.441 e. The van der Waals surface area contributed by atoms with Crippen LogP contribution in [-0.2, 0) is 20.8 Å². The quantitative estimate of drug-likeness (QED) is 0.888. The minimum absolute atomic E-state index is 0.148. The van der Waals surface area contributed by atoms with E-state index in [-0.39, 0.29) is 31.5 Å². The van der Waals surface area contributed by atoms with Gasteiger partial charge in [-0.25, -0.2) is 4.79 Å². The fraction of sp³-hybridized carbons (Fsp3) is 0.533. The second-order valence-electron chi connectivity index (χ2n) is 5.34. The summed E-state index contributed by atoms with van der Waals surface area (Å²) < 4.78 is 16.8. The number of carbonyl (C=O) groups is 1. The van der Waals surface area contributed by atoms with Crippen molar-refractivity contribution >= 4 is 6.09 Å². The molecule has 21 heavy (non-hydrogen) atoms. The number of hydrogen-bond acceptors (Lipinski definition) is 5. The molecule has 1 amide bonds. The molecule has 1 aromatic carbocycles. The average Bonchev–Trinajstić information content (AvgIpc) is 2.81. The summed E-state index contributed by atoms with van der Waals surface area (Å²) in [5.74, 6) is 0. The van der Waals surface area contributed by atoms with E-state index in [1.165, 1.54) is 4.90 Å². The summed E-state index contributed by atoms with van der Waals surface area (Å²) in [6.45, 7) is 0.540. The molecule has 3 rings (SSSR count). The molecule has 0 saturated carbocycles. The van der Waals surface area contributed by atoms with Gasteiger partial charge >= 0.3 is 6.09 Å². The molecule has 0 bridgehead atoms. The molecule has 4 atom stereocenters. The zero-order valence-corrected chi connectivity index (χ0v) is 11.8. The van der Waals surface area contributed by atoms with E-state index in [1.54, 1.807) is 7.05 Å². The lowest BCUT2D eigenvalue weighted by Gasteiger charge is -2.39. The molecule has 2 fully saturated rings. The van der Waals surface area contributed by atoms with Crippen LogP contribution in [0.1, 0.15) is 5.56 Å². The van der Waals surface area contributed by atoms with Gasteiger partial charge in [0.15, 0.2) is 0 Å². The topological polar surface area (TPSA) is 68.2 Å². The lowest BCUT2D eigenvalue weighted by atomic mass is 9.97. The average molecular weight is 293 g/mol. The van der Waals surface area contributed by atoms with E-state index < -0.39 is 12.2 Å². The molecule has 1 aromatic rings. The third-order valence-corrected chi connectivity index (χ3v) is 4.01. The molecule has 6 heteroatoms. The van der Waals surface area contributed by atoms with E-state index in [4.69, 9.17) is 14.2 Å². The van der Waals surface area contributed by atoms with Gasteiger partial charge in [0.25, 0.3) is 0 Å². The Labute approximate surface area is 123 Å². The highest BCUT2D eigenvalue weighted by molar-refractivity contribution is 5.70. The molecule has 2 aliphatic heterocycles. The first-order chi connectivity index (χ1) is 10.2. The fourth-order valence-electron chi connectivity index (χ4n) is 2.88. The maximum atomic E-state index is 11.7. The van der Waals surface area contributed by atoms with Crippen molar-refractivity contribution < 1.29 is 24.1 Å². The largest absolute Gasteiger partial charge is 0.441 e. The molecule has 6 nitrogen and oxygen atoms in total. The summed E-state index contributed by atoms with van der Waals surface area (Å²) in [4.78, 5) is 13.2. The Balaban J connectivity index is 1.73. The smallest absolute Gasteiger partial charge is 0.410 e. The van der Waals surface area contributed by atoms with E-state index in [0.717, 1.165) is 5.56 Å². The van der Waals surface area contributed by atoms with Crippen molar-refractivity contribution in [2.45, 2.75) is 31.0 Å². The van der Waals surface area contributed by atoms with Crippen molar-refractivity contribution in [1.29, 1.82) is 0 Å². The van der Waals surface area contributed by atoms with Gasteiger partial charge in [0, 0.05) is 7.05 Å². The second kappa shape index (κ2) is 6.01. The van der Waals surface area contributed by atoms with Crippen LogP contribution < -0.4 is 0 Å².